The van der Waals surface area contributed by atoms with E-state index in [1.54, 1.807) is 6.20 Å². The summed E-state index contributed by atoms with van der Waals surface area (Å²) in [5.41, 5.74) is 6.57. The molecule has 0 N–H and O–H groups in total. The van der Waals surface area contributed by atoms with Crippen molar-refractivity contribution in [2.45, 2.75) is 19.9 Å². The minimum Gasteiger partial charge on any atom is -0.334 e. The summed E-state index contributed by atoms with van der Waals surface area (Å²) in [6.45, 7) is 3.50. The molecule has 3 nitrogen and oxygen atoms in total. The third-order valence-electron chi connectivity index (χ3n) is 4.76. The highest BCUT2D eigenvalue weighted by Crippen LogP contribution is 2.26. The van der Waals surface area contributed by atoms with Gasteiger partial charge in [-0.15, -0.1) is 0 Å². The highest BCUT2D eigenvalue weighted by atomic mass is 16.2. The first-order valence-corrected chi connectivity index (χ1v) is 8.59. The maximum atomic E-state index is 12.8. The monoisotopic (exact) mass is 328 g/mol. The van der Waals surface area contributed by atoms with Gasteiger partial charge in [0.05, 0.1) is 0 Å². The van der Waals surface area contributed by atoms with Crippen LogP contribution in [0.25, 0.3) is 11.1 Å². The molecule has 4 rings (SSSR count). The Balaban J connectivity index is 1.57. The zero-order valence-electron chi connectivity index (χ0n) is 14.3. The van der Waals surface area contributed by atoms with Crippen LogP contribution in [0.15, 0.2) is 67.0 Å². The summed E-state index contributed by atoms with van der Waals surface area (Å²) in [6, 6.07) is 18.5. The van der Waals surface area contributed by atoms with E-state index in [4.69, 9.17) is 0 Å². The number of fused-ring (bicyclic) bond motifs is 1. The Hall–Kier alpha value is -2.94. The van der Waals surface area contributed by atoms with Crippen molar-refractivity contribution in [2.75, 3.05) is 6.54 Å². The molecule has 0 bridgehead atoms. The van der Waals surface area contributed by atoms with Crippen molar-refractivity contribution in [1.29, 1.82) is 0 Å². The molecule has 1 aliphatic rings. The molecule has 25 heavy (non-hydrogen) atoms. The number of aromatic nitrogens is 1. The number of hydrogen-bond acceptors (Lipinski definition) is 2. The van der Waals surface area contributed by atoms with Crippen molar-refractivity contribution in [3.05, 3.63) is 89.2 Å². The summed E-state index contributed by atoms with van der Waals surface area (Å²) in [5, 5.41) is 0. The molecule has 0 atom stereocenters. The predicted octanol–water partition coefficient (Wildman–Crippen LogP) is 4.26. The molecule has 0 fully saturated rings. The summed E-state index contributed by atoms with van der Waals surface area (Å²) in [4.78, 5) is 19.0. The number of pyridine rings is 1. The lowest BCUT2D eigenvalue weighted by atomic mass is 9.94. The minimum absolute atomic E-state index is 0.125. The van der Waals surface area contributed by atoms with Gasteiger partial charge in [-0.05, 0) is 47.7 Å². The van der Waals surface area contributed by atoms with Crippen molar-refractivity contribution in [1.82, 2.24) is 9.88 Å². The van der Waals surface area contributed by atoms with Gasteiger partial charge < -0.3 is 4.90 Å². The molecular weight excluding hydrogens is 308 g/mol. The topological polar surface area (TPSA) is 33.2 Å². The van der Waals surface area contributed by atoms with Crippen LogP contribution in [0.3, 0.4) is 0 Å². The largest absolute Gasteiger partial charge is 0.334 e. The fourth-order valence-electron chi connectivity index (χ4n) is 3.31. The van der Waals surface area contributed by atoms with Crippen LogP contribution < -0.4 is 0 Å². The fraction of sp³-hybridized carbons (Fsp3) is 0.182. The summed E-state index contributed by atoms with van der Waals surface area (Å²) >= 11 is 0. The maximum Gasteiger partial charge on any atom is 0.254 e. The van der Waals surface area contributed by atoms with Gasteiger partial charge in [-0.3, -0.25) is 9.78 Å². The number of benzene rings is 2. The smallest absolute Gasteiger partial charge is 0.254 e. The molecule has 124 valence electrons. The zero-order chi connectivity index (χ0) is 17.2. The zero-order valence-corrected chi connectivity index (χ0v) is 14.3. The van der Waals surface area contributed by atoms with Gasteiger partial charge in [0.15, 0.2) is 0 Å². The van der Waals surface area contributed by atoms with E-state index < -0.39 is 0 Å². The quantitative estimate of drug-likeness (QED) is 0.720. The Morgan fingerprint density at radius 2 is 1.88 bits per heavy atom. The number of rotatable bonds is 3. The van der Waals surface area contributed by atoms with E-state index in [0.29, 0.717) is 6.54 Å². The van der Waals surface area contributed by atoms with Gasteiger partial charge >= 0.3 is 0 Å². The molecule has 0 saturated carbocycles. The number of nitrogens with zero attached hydrogens (tertiary/aromatic N) is 2. The number of carbonyl (C=O) groups is 1. The standard InChI is InChI=1S/C22H20N2O/c1-16-4-6-17(7-5-16)15-24-12-10-19-13-18(8-9-21(19)22(24)25)20-3-2-11-23-14-20/h2-9,11,13-14H,10,12,15H2,1H3. The van der Waals surface area contributed by atoms with Crippen molar-refractivity contribution in [3.63, 3.8) is 0 Å². The van der Waals surface area contributed by atoms with Gasteiger partial charge in [0, 0.05) is 31.0 Å². The molecule has 0 saturated heterocycles. The Kier molecular flexibility index (Phi) is 4.06. The Morgan fingerprint density at radius 3 is 2.64 bits per heavy atom. The van der Waals surface area contributed by atoms with Gasteiger partial charge in [-0.2, -0.15) is 0 Å². The number of carbonyl (C=O) groups excluding carboxylic acids is 1. The molecule has 1 amide bonds. The van der Waals surface area contributed by atoms with Crippen molar-refractivity contribution >= 4 is 5.91 Å². The molecule has 0 spiro atoms. The van der Waals surface area contributed by atoms with E-state index >= 15 is 0 Å². The molecule has 2 heterocycles. The van der Waals surface area contributed by atoms with E-state index in [1.165, 1.54) is 11.1 Å². The highest BCUT2D eigenvalue weighted by molar-refractivity contribution is 5.97. The molecule has 0 aliphatic carbocycles. The maximum absolute atomic E-state index is 12.8. The summed E-state index contributed by atoms with van der Waals surface area (Å²) in [5.74, 6) is 0.125. The number of aryl methyl sites for hydroxylation is 1. The first-order chi connectivity index (χ1) is 12.2. The van der Waals surface area contributed by atoms with Crippen LogP contribution in [0.5, 0.6) is 0 Å². The van der Waals surface area contributed by atoms with Crippen LogP contribution in [0, 0.1) is 6.92 Å². The van der Waals surface area contributed by atoms with Crippen molar-refractivity contribution < 1.29 is 4.79 Å². The van der Waals surface area contributed by atoms with E-state index in [9.17, 15) is 4.79 Å². The third-order valence-corrected chi connectivity index (χ3v) is 4.76. The minimum atomic E-state index is 0.125. The normalized spacial score (nSPS) is 13.6. The summed E-state index contributed by atoms with van der Waals surface area (Å²) in [7, 11) is 0. The summed E-state index contributed by atoms with van der Waals surface area (Å²) < 4.78 is 0. The molecule has 3 heteroatoms. The molecule has 1 aliphatic heterocycles. The van der Waals surface area contributed by atoms with E-state index in [-0.39, 0.29) is 5.91 Å². The molecule has 1 aromatic heterocycles. The lowest BCUT2D eigenvalue weighted by Gasteiger charge is -2.29. The van der Waals surface area contributed by atoms with E-state index in [1.807, 2.05) is 35.4 Å². The fourth-order valence-corrected chi connectivity index (χ4v) is 3.31. The third kappa shape index (κ3) is 3.18. The van der Waals surface area contributed by atoms with Crippen LogP contribution in [0.2, 0.25) is 0 Å². The SMILES string of the molecule is Cc1ccc(CN2CCc3cc(-c4cccnc4)ccc3C2=O)cc1. The first-order valence-electron chi connectivity index (χ1n) is 8.59. The van der Waals surface area contributed by atoms with Crippen LogP contribution in [0.1, 0.15) is 27.0 Å². The predicted molar refractivity (Wildman–Crippen MR) is 99.3 cm³/mol. The lowest BCUT2D eigenvalue weighted by molar-refractivity contribution is 0.0727. The van der Waals surface area contributed by atoms with Crippen molar-refractivity contribution in [2.24, 2.45) is 0 Å². The Morgan fingerprint density at radius 1 is 1.04 bits per heavy atom. The lowest BCUT2D eigenvalue weighted by Crippen LogP contribution is -2.37. The molecule has 2 aromatic carbocycles. The number of amides is 1. The first kappa shape index (κ1) is 15.6. The second-order valence-corrected chi connectivity index (χ2v) is 6.58. The van der Waals surface area contributed by atoms with Crippen LogP contribution in [-0.2, 0) is 13.0 Å². The van der Waals surface area contributed by atoms with Crippen molar-refractivity contribution in [3.8, 4) is 11.1 Å². The van der Waals surface area contributed by atoms with Gasteiger partial charge in [0.2, 0.25) is 0 Å². The second kappa shape index (κ2) is 6.52. The summed E-state index contributed by atoms with van der Waals surface area (Å²) in [6.07, 6.45) is 4.52. The average Bonchev–Trinajstić information content (AvgIpc) is 2.66. The molecular formula is C22H20N2O. The average molecular weight is 328 g/mol. The van der Waals surface area contributed by atoms with E-state index in [0.717, 1.165) is 35.2 Å². The molecule has 0 unspecified atom stereocenters. The van der Waals surface area contributed by atoms with E-state index in [2.05, 4.69) is 42.2 Å². The second-order valence-electron chi connectivity index (χ2n) is 6.58. The Bertz CT molecular complexity index is 901. The van der Waals surface area contributed by atoms with Gasteiger partial charge in [-0.1, -0.05) is 48.0 Å². The Labute approximate surface area is 148 Å². The van der Waals surface area contributed by atoms with Gasteiger partial charge in [0.25, 0.3) is 5.91 Å². The molecule has 0 radical (unpaired) electrons. The van der Waals surface area contributed by atoms with Gasteiger partial charge in [-0.25, -0.2) is 0 Å². The molecule has 3 aromatic rings. The highest BCUT2D eigenvalue weighted by Gasteiger charge is 2.24. The van der Waals surface area contributed by atoms with Gasteiger partial charge in [0.1, 0.15) is 0 Å². The van der Waals surface area contributed by atoms with Crippen LogP contribution in [-0.4, -0.2) is 22.3 Å². The number of hydrogen-bond donors (Lipinski definition) is 0. The van der Waals surface area contributed by atoms with Crippen LogP contribution in [0.4, 0.5) is 0 Å². The van der Waals surface area contributed by atoms with Crippen LogP contribution >= 0.6 is 0 Å².